The highest BCUT2D eigenvalue weighted by Crippen LogP contribution is 2.32. The Bertz CT molecular complexity index is 709. The smallest absolute Gasteiger partial charge is 0.295 e. The van der Waals surface area contributed by atoms with Crippen LogP contribution in [0.4, 0.5) is 5.69 Å². The molecule has 0 fully saturated rings. The molecular weight excluding hydrogens is 424 g/mol. The van der Waals surface area contributed by atoms with E-state index < -0.39 is 10.0 Å². The van der Waals surface area contributed by atoms with Gasteiger partial charge in [-0.25, -0.2) is 0 Å². The summed E-state index contributed by atoms with van der Waals surface area (Å²) in [4.78, 5) is 0. The minimum Gasteiger partial charge on any atom is -0.446 e. The summed E-state index contributed by atoms with van der Waals surface area (Å²) < 4.78 is 33.8. The second-order valence-electron chi connectivity index (χ2n) is 4.20. The molecule has 21 heavy (non-hydrogen) atoms. The first-order chi connectivity index (χ1) is 9.94. The molecule has 0 aliphatic rings. The third-order valence-electron chi connectivity index (χ3n) is 2.65. The standard InChI is InChI=1S/C13H14Br2N2O3S/c1-2-16-8-9-6-7-12(20-9)21(18,19)17-13-10(14)4-3-5-11(13)15/h3-7,16-17H,2,8H2,1H3. The molecule has 114 valence electrons. The minimum atomic E-state index is -3.77. The van der Waals surface area contributed by atoms with Crippen molar-refractivity contribution in [2.45, 2.75) is 18.6 Å². The normalized spacial score (nSPS) is 11.6. The highest BCUT2D eigenvalue weighted by molar-refractivity contribution is 9.11. The monoisotopic (exact) mass is 436 g/mol. The zero-order valence-corrected chi connectivity index (χ0v) is 15.2. The molecule has 1 heterocycles. The van der Waals surface area contributed by atoms with Gasteiger partial charge in [0.1, 0.15) is 5.76 Å². The molecule has 2 N–H and O–H groups in total. The van der Waals surface area contributed by atoms with Crippen LogP contribution in [0.15, 0.2) is 48.8 Å². The summed E-state index contributed by atoms with van der Waals surface area (Å²) in [5.41, 5.74) is 0.433. The Hall–Kier alpha value is -0.830. The molecule has 0 radical (unpaired) electrons. The van der Waals surface area contributed by atoms with Gasteiger partial charge in [-0.2, -0.15) is 8.42 Å². The first-order valence-electron chi connectivity index (χ1n) is 6.20. The molecule has 0 aliphatic heterocycles. The number of para-hydroxylation sites is 1. The van der Waals surface area contributed by atoms with Crippen molar-refractivity contribution in [2.75, 3.05) is 11.3 Å². The molecule has 0 saturated heterocycles. The van der Waals surface area contributed by atoms with Crippen molar-refractivity contribution in [1.82, 2.24) is 5.32 Å². The van der Waals surface area contributed by atoms with E-state index in [2.05, 4.69) is 41.9 Å². The molecule has 1 aromatic heterocycles. The van der Waals surface area contributed by atoms with Gasteiger partial charge in [-0.1, -0.05) is 13.0 Å². The minimum absolute atomic E-state index is 0.113. The zero-order valence-electron chi connectivity index (χ0n) is 11.2. The SMILES string of the molecule is CCNCc1ccc(S(=O)(=O)Nc2c(Br)cccc2Br)o1. The van der Waals surface area contributed by atoms with Crippen molar-refractivity contribution >= 4 is 47.6 Å². The van der Waals surface area contributed by atoms with Gasteiger partial charge in [-0.15, -0.1) is 0 Å². The van der Waals surface area contributed by atoms with Crippen LogP contribution in [0.1, 0.15) is 12.7 Å². The summed E-state index contributed by atoms with van der Waals surface area (Å²) in [6, 6.07) is 8.39. The van der Waals surface area contributed by atoms with E-state index in [-0.39, 0.29) is 5.09 Å². The highest BCUT2D eigenvalue weighted by Gasteiger charge is 2.21. The van der Waals surface area contributed by atoms with Gasteiger partial charge in [0.15, 0.2) is 0 Å². The summed E-state index contributed by atoms with van der Waals surface area (Å²) in [6.07, 6.45) is 0. The molecule has 2 rings (SSSR count). The molecule has 0 spiro atoms. The van der Waals surface area contributed by atoms with Gasteiger partial charge in [-0.3, -0.25) is 4.72 Å². The lowest BCUT2D eigenvalue weighted by Gasteiger charge is -2.09. The second-order valence-corrected chi connectivity index (χ2v) is 7.53. The van der Waals surface area contributed by atoms with Crippen LogP contribution in [0.2, 0.25) is 0 Å². The van der Waals surface area contributed by atoms with E-state index in [1.165, 1.54) is 6.07 Å². The van der Waals surface area contributed by atoms with Crippen molar-refractivity contribution in [1.29, 1.82) is 0 Å². The molecule has 0 unspecified atom stereocenters. The Labute approximate surface area is 140 Å². The maximum absolute atomic E-state index is 12.3. The average molecular weight is 438 g/mol. The fraction of sp³-hybridized carbons (Fsp3) is 0.231. The summed E-state index contributed by atoms with van der Waals surface area (Å²) in [7, 11) is -3.77. The number of hydrogen-bond acceptors (Lipinski definition) is 4. The topological polar surface area (TPSA) is 71.3 Å². The van der Waals surface area contributed by atoms with Crippen LogP contribution in [-0.2, 0) is 16.6 Å². The van der Waals surface area contributed by atoms with E-state index in [1.54, 1.807) is 24.3 Å². The van der Waals surface area contributed by atoms with Crippen LogP contribution < -0.4 is 10.0 Å². The van der Waals surface area contributed by atoms with Crippen LogP contribution >= 0.6 is 31.9 Å². The van der Waals surface area contributed by atoms with Gasteiger partial charge in [0, 0.05) is 8.95 Å². The quantitative estimate of drug-likeness (QED) is 0.722. The van der Waals surface area contributed by atoms with E-state index in [4.69, 9.17) is 4.42 Å². The van der Waals surface area contributed by atoms with E-state index in [9.17, 15) is 8.42 Å². The number of anilines is 1. The van der Waals surface area contributed by atoms with E-state index >= 15 is 0 Å². The number of nitrogens with one attached hydrogen (secondary N) is 2. The molecule has 0 bridgehead atoms. The lowest BCUT2D eigenvalue weighted by molar-refractivity contribution is 0.405. The summed E-state index contributed by atoms with van der Waals surface area (Å²) >= 11 is 6.63. The van der Waals surface area contributed by atoms with Crippen LogP contribution in [0, 0.1) is 0 Å². The van der Waals surface area contributed by atoms with Crippen molar-refractivity contribution in [3.8, 4) is 0 Å². The fourth-order valence-corrected chi connectivity index (χ4v) is 4.14. The fourth-order valence-electron chi connectivity index (χ4n) is 1.63. The number of hydrogen-bond donors (Lipinski definition) is 2. The van der Waals surface area contributed by atoms with Crippen LogP contribution in [0.5, 0.6) is 0 Å². The maximum atomic E-state index is 12.3. The molecule has 1 aromatic carbocycles. The Morgan fingerprint density at radius 1 is 1.14 bits per heavy atom. The highest BCUT2D eigenvalue weighted by atomic mass is 79.9. The van der Waals surface area contributed by atoms with Crippen LogP contribution in [0.3, 0.4) is 0 Å². The summed E-state index contributed by atoms with van der Waals surface area (Å²) in [5.74, 6) is 0.573. The van der Waals surface area contributed by atoms with Crippen LogP contribution in [-0.4, -0.2) is 15.0 Å². The Morgan fingerprint density at radius 2 is 1.81 bits per heavy atom. The van der Waals surface area contributed by atoms with Gasteiger partial charge in [0.05, 0.1) is 12.2 Å². The van der Waals surface area contributed by atoms with E-state index in [1.807, 2.05) is 6.92 Å². The molecule has 0 aliphatic carbocycles. The lowest BCUT2D eigenvalue weighted by atomic mass is 10.3. The summed E-state index contributed by atoms with van der Waals surface area (Å²) in [6.45, 7) is 3.24. The predicted molar refractivity (Wildman–Crippen MR) is 88.7 cm³/mol. The average Bonchev–Trinajstić information content (AvgIpc) is 2.90. The van der Waals surface area contributed by atoms with E-state index in [0.29, 0.717) is 26.9 Å². The van der Waals surface area contributed by atoms with E-state index in [0.717, 1.165) is 6.54 Å². The van der Waals surface area contributed by atoms with Gasteiger partial charge in [0.25, 0.3) is 10.0 Å². The van der Waals surface area contributed by atoms with Gasteiger partial charge in [0.2, 0.25) is 5.09 Å². The first kappa shape index (κ1) is 16.5. The predicted octanol–water partition coefficient (Wildman–Crippen LogP) is 3.71. The molecule has 0 atom stereocenters. The largest absolute Gasteiger partial charge is 0.446 e. The summed E-state index contributed by atoms with van der Waals surface area (Å²) in [5, 5.41) is 2.96. The van der Waals surface area contributed by atoms with Crippen molar-refractivity contribution in [3.63, 3.8) is 0 Å². The third kappa shape index (κ3) is 4.09. The third-order valence-corrected chi connectivity index (χ3v) is 5.19. The maximum Gasteiger partial charge on any atom is 0.295 e. The molecule has 2 aromatic rings. The number of halogens is 2. The Morgan fingerprint density at radius 3 is 2.43 bits per heavy atom. The molecule has 0 saturated carbocycles. The lowest BCUT2D eigenvalue weighted by Crippen LogP contribution is -2.13. The zero-order chi connectivity index (χ0) is 15.5. The van der Waals surface area contributed by atoms with Gasteiger partial charge in [-0.05, 0) is 62.7 Å². The Balaban J connectivity index is 2.24. The second kappa shape index (κ2) is 6.95. The van der Waals surface area contributed by atoms with Crippen LogP contribution in [0.25, 0.3) is 0 Å². The number of furan rings is 1. The first-order valence-corrected chi connectivity index (χ1v) is 9.27. The Kier molecular flexibility index (Phi) is 5.48. The number of benzene rings is 1. The number of rotatable bonds is 6. The molecule has 8 heteroatoms. The molecule has 5 nitrogen and oxygen atoms in total. The van der Waals surface area contributed by atoms with Crippen molar-refractivity contribution in [3.05, 3.63) is 45.0 Å². The number of sulfonamides is 1. The van der Waals surface area contributed by atoms with Crippen molar-refractivity contribution in [2.24, 2.45) is 0 Å². The molecular formula is C13H14Br2N2O3S. The van der Waals surface area contributed by atoms with Gasteiger partial charge >= 0.3 is 0 Å². The molecule has 0 amide bonds. The van der Waals surface area contributed by atoms with Crippen molar-refractivity contribution < 1.29 is 12.8 Å². The van der Waals surface area contributed by atoms with Gasteiger partial charge < -0.3 is 9.73 Å².